The molecule has 0 spiro atoms. The second-order valence-corrected chi connectivity index (χ2v) is 4.57. The molecule has 15 heavy (non-hydrogen) atoms. The number of alkyl halides is 1. The molecule has 0 radical (unpaired) electrons. The molecule has 0 amide bonds. The van der Waals surface area contributed by atoms with Crippen molar-refractivity contribution in [2.75, 3.05) is 0 Å². The number of benzene rings is 1. The van der Waals surface area contributed by atoms with Crippen LogP contribution in [0.1, 0.15) is 18.5 Å². The lowest BCUT2D eigenvalue weighted by Gasteiger charge is -2.32. The largest absolute Gasteiger partial charge is 0.355 e. The van der Waals surface area contributed by atoms with Crippen molar-refractivity contribution in [1.29, 1.82) is 0 Å². The molecule has 1 aromatic rings. The van der Waals surface area contributed by atoms with Crippen LogP contribution in [-0.2, 0) is 0 Å². The third-order valence-corrected chi connectivity index (χ3v) is 3.43. The number of rotatable bonds is 2. The highest BCUT2D eigenvalue weighted by molar-refractivity contribution is 9.09. The first-order valence-electron chi connectivity index (χ1n) is 5.10. The molecule has 0 aliphatic carbocycles. The van der Waals surface area contributed by atoms with Gasteiger partial charge in [0.05, 0.1) is 6.04 Å². The SMILES string of the molecule is CC(c1ccccc1)N1C=CC=CC1Br. The van der Waals surface area contributed by atoms with E-state index in [2.05, 4.69) is 76.4 Å². The number of nitrogens with zero attached hydrogens (tertiary/aromatic N) is 1. The van der Waals surface area contributed by atoms with Crippen molar-refractivity contribution in [1.82, 2.24) is 4.90 Å². The molecule has 1 aromatic carbocycles. The first-order chi connectivity index (χ1) is 7.29. The molecular weight excluding hydrogens is 250 g/mol. The van der Waals surface area contributed by atoms with Gasteiger partial charge in [-0.1, -0.05) is 58.4 Å². The number of halogens is 1. The van der Waals surface area contributed by atoms with E-state index in [0.29, 0.717) is 6.04 Å². The summed E-state index contributed by atoms with van der Waals surface area (Å²) in [6.07, 6.45) is 8.39. The molecule has 0 bridgehead atoms. The van der Waals surface area contributed by atoms with Crippen LogP contribution >= 0.6 is 15.9 Å². The lowest BCUT2D eigenvalue weighted by Crippen LogP contribution is -2.28. The zero-order valence-electron chi connectivity index (χ0n) is 8.68. The van der Waals surface area contributed by atoms with E-state index in [1.54, 1.807) is 0 Å². The van der Waals surface area contributed by atoms with E-state index in [4.69, 9.17) is 0 Å². The molecule has 1 aliphatic rings. The highest BCUT2D eigenvalue weighted by Crippen LogP contribution is 2.27. The van der Waals surface area contributed by atoms with Gasteiger partial charge in [0.1, 0.15) is 4.95 Å². The van der Waals surface area contributed by atoms with Crippen LogP contribution in [0.2, 0.25) is 0 Å². The van der Waals surface area contributed by atoms with E-state index >= 15 is 0 Å². The van der Waals surface area contributed by atoms with Crippen LogP contribution in [0.15, 0.2) is 54.8 Å². The van der Waals surface area contributed by atoms with Gasteiger partial charge in [-0.3, -0.25) is 0 Å². The minimum atomic E-state index is 0.290. The molecule has 0 saturated heterocycles. The Labute approximate surface area is 99.2 Å². The van der Waals surface area contributed by atoms with Gasteiger partial charge in [-0.05, 0) is 18.6 Å². The first-order valence-corrected chi connectivity index (χ1v) is 6.02. The molecule has 0 N–H and O–H groups in total. The van der Waals surface area contributed by atoms with Crippen molar-refractivity contribution in [2.24, 2.45) is 0 Å². The average Bonchev–Trinajstić information content (AvgIpc) is 2.30. The molecule has 1 nitrogen and oxygen atoms in total. The molecular formula is C13H14BrN. The summed E-state index contributed by atoms with van der Waals surface area (Å²) in [6, 6.07) is 10.9. The number of hydrogen-bond acceptors (Lipinski definition) is 1. The smallest absolute Gasteiger partial charge is 0.103 e. The maximum atomic E-state index is 3.64. The molecule has 2 heteroatoms. The summed E-state index contributed by atoms with van der Waals surface area (Å²) in [7, 11) is 0. The fraction of sp³-hybridized carbons (Fsp3) is 0.231. The third kappa shape index (κ3) is 2.32. The van der Waals surface area contributed by atoms with Crippen LogP contribution in [0.4, 0.5) is 0 Å². The summed E-state index contributed by atoms with van der Waals surface area (Å²) in [5.41, 5.74) is 1.34. The Morgan fingerprint density at radius 1 is 1.20 bits per heavy atom. The lowest BCUT2D eigenvalue weighted by molar-refractivity contribution is 0.309. The average molecular weight is 264 g/mol. The quantitative estimate of drug-likeness (QED) is 0.579. The van der Waals surface area contributed by atoms with E-state index < -0.39 is 0 Å². The van der Waals surface area contributed by atoms with Gasteiger partial charge in [0, 0.05) is 6.20 Å². The van der Waals surface area contributed by atoms with Crippen LogP contribution in [-0.4, -0.2) is 9.85 Å². The second kappa shape index (κ2) is 4.67. The molecule has 1 heterocycles. The highest BCUT2D eigenvalue weighted by atomic mass is 79.9. The van der Waals surface area contributed by atoms with Gasteiger partial charge < -0.3 is 4.90 Å². The van der Waals surface area contributed by atoms with E-state index in [0.717, 1.165) is 0 Å². The molecule has 2 atom stereocenters. The predicted molar refractivity (Wildman–Crippen MR) is 67.7 cm³/mol. The summed E-state index contributed by atoms with van der Waals surface area (Å²) in [4.78, 5) is 2.58. The second-order valence-electron chi connectivity index (χ2n) is 3.63. The molecule has 0 aromatic heterocycles. The van der Waals surface area contributed by atoms with E-state index in [9.17, 15) is 0 Å². The summed E-state index contributed by atoms with van der Waals surface area (Å²) in [5, 5.41) is 0. The topological polar surface area (TPSA) is 3.24 Å². The minimum absolute atomic E-state index is 0.290. The Morgan fingerprint density at radius 2 is 1.93 bits per heavy atom. The molecule has 2 unspecified atom stereocenters. The van der Waals surface area contributed by atoms with Crippen molar-refractivity contribution in [2.45, 2.75) is 17.9 Å². The van der Waals surface area contributed by atoms with Crippen molar-refractivity contribution in [3.8, 4) is 0 Å². The van der Waals surface area contributed by atoms with Gasteiger partial charge in [-0.15, -0.1) is 0 Å². The van der Waals surface area contributed by atoms with Crippen LogP contribution in [0.25, 0.3) is 0 Å². The van der Waals surface area contributed by atoms with E-state index in [1.165, 1.54) is 5.56 Å². The van der Waals surface area contributed by atoms with Crippen LogP contribution < -0.4 is 0 Å². The zero-order valence-corrected chi connectivity index (χ0v) is 10.3. The number of hydrogen-bond donors (Lipinski definition) is 0. The van der Waals surface area contributed by atoms with E-state index in [-0.39, 0.29) is 4.95 Å². The third-order valence-electron chi connectivity index (χ3n) is 2.65. The van der Waals surface area contributed by atoms with Crippen molar-refractivity contribution >= 4 is 15.9 Å². The molecule has 2 rings (SSSR count). The standard InChI is InChI=1S/C13H14BrN/c1-11(12-7-3-2-4-8-12)15-10-6-5-9-13(15)14/h2-11,13H,1H3. The Bertz CT molecular complexity index is 369. The van der Waals surface area contributed by atoms with Crippen LogP contribution in [0.5, 0.6) is 0 Å². The van der Waals surface area contributed by atoms with Gasteiger partial charge in [0.2, 0.25) is 0 Å². The first kappa shape index (κ1) is 10.5. The fourth-order valence-corrected chi connectivity index (χ4v) is 2.40. The zero-order chi connectivity index (χ0) is 10.7. The predicted octanol–water partition coefficient (Wildman–Crippen LogP) is 3.85. The maximum Gasteiger partial charge on any atom is 0.103 e. The molecule has 0 saturated carbocycles. The summed E-state index contributed by atoms with van der Waals surface area (Å²) in [6.45, 7) is 2.22. The Balaban J connectivity index is 2.18. The number of allylic oxidation sites excluding steroid dienone is 2. The van der Waals surface area contributed by atoms with Gasteiger partial charge in [0.15, 0.2) is 0 Å². The summed E-state index contributed by atoms with van der Waals surface area (Å²) < 4.78 is 0. The van der Waals surface area contributed by atoms with Crippen LogP contribution in [0, 0.1) is 0 Å². The van der Waals surface area contributed by atoms with Gasteiger partial charge >= 0.3 is 0 Å². The van der Waals surface area contributed by atoms with Crippen LogP contribution in [0.3, 0.4) is 0 Å². The minimum Gasteiger partial charge on any atom is -0.355 e. The Kier molecular flexibility index (Phi) is 3.27. The van der Waals surface area contributed by atoms with Gasteiger partial charge in [-0.2, -0.15) is 0 Å². The molecule has 0 fully saturated rings. The summed E-state index contributed by atoms with van der Waals surface area (Å²) in [5.74, 6) is 0. The molecule has 78 valence electrons. The Hall–Kier alpha value is -1.02. The normalized spacial score (nSPS) is 21.7. The van der Waals surface area contributed by atoms with Gasteiger partial charge in [0.25, 0.3) is 0 Å². The highest BCUT2D eigenvalue weighted by Gasteiger charge is 2.18. The van der Waals surface area contributed by atoms with Crippen molar-refractivity contribution in [3.63, 3.8) is 0 Å². The van der Waals surface area contributed by atoms with Gasteiger partial charge in [-0.25, -0.2) is 0 Å². The summed E-state index contributed by atoms with van der Waals surface area (Å²) >= 11 is 3.64. The van der Waals surface area contributed by atoms with Crippen molar-refractivity contribution < 1.29 is 0 Å². The lowest BCUT2D eigenvalue weighted by atomic mass is 10.1. The Morgan fingerprint density at radius 3 is 2.60 bits per heavy atom. The maximum absolute atomic E-state index is 3.64. The monoisotopic (exact) mass is 263 g/mol. The fourth-order valence-electron chi connectivity index (χ4n) is 1.73. The van der Waals surface area contributed by atoms with E-state index in [1.807, 2.05) is 6.07 Å². The van der Waals surface area contributed by atoms with Crippen molar-refractivity contribution in [3.05, 3.63) is 60.3 Å². The molecule has 1 aliphatic heterocycles.